The van der Waals surface area contributed by atoms with Gasteiger partial charge in [0.15, 0.2) is 5.88 Å². The molecule has 0 bridgehead atoms. The summed E-state index contributed by atoms with van der Waals surface area (Å²) in [5.41, 5.74) is 0.613. The lowest BCUT2D eigenvalue weighted by Gasteiger charge is -2.42. The first kappa shape index (κ1) is 23.4. The lowest BCUT2D eigenvalue weighted by Crippen LogP contribution is -2.58. The van der Waals surface area contributed by atoms with Crippen LogP contribution in [0.4, 0.5) is 0 Å². The molecular weight excluding hydrogens is 398 g/mol. The molecule has 0 radical (unpaired) electrons. The molecule has 3 atom stereocenters. The average molecular weight is 437 g/mol. The number of hydrogen-bond donors (Lipinski definition) is 1. The van der Waals surface area contributed by atoms with E-state index >= 15 is 0 Å². The van der Waals surface area contributed by atoms with E-state index < -0.39 is 10.8 Å². The zero-order chi connectivity index (χ0) is 21.5. The number of nitrogens with zero attached hydrogens (tertiary/aromatic N) is 2. The van der Waals surface area contributed by atoms with E-state index in [9.17, 15) is 9.00 Å². The molecule has 1 amide bonds. The highest BCUT2D eigenvalue weighted by atomic mass is 32.2. The monoisotopic (exact) mass is 436 g/mol. The third-order valence-electron chi connectivity index (χ3n) is 6.69. The highest BCUT2D eigenvalue weighted by Crippen LogP contribution is 2.32. The molecule has 3 unspecified atom stereocenters. The Labute approximate surface area is 183 Å². The molecule has 7 heteroatoms. The molecule has 2 aliphatic rings. The van der Waals surface area contributed by atoms with Gasteiger partial charge in [-0.05, 0) is 62.5 Å². The van der Waals surface area contributed by atoms with Gasteiger partial charge in [-0.1, -0.05) is 13.8 Å². The van der Waals surface area contributed by atoms with E-state index in [0.717, 1.165) is 44.1 Å². The molecule has 2 fully saturated rings. The van der Waals surface area contributed by atoms with Gasteiger partial charge in [-0.2, -0.15) is 0 Å². The molecule has 0 spiro atoms. The Morgan fingerprint density at radius 2 is 2.07 bits per heavy atom. The van der Waals surface area contributed by atoms with Crippen LogP contribution in [-0.2, 0) is 19.7 Å². The van der Waals surface area contributed by atoms with E-state index in [1.807, 2.05) is 11.0 Å². The fraction of sp³-hybridized carbons (Fsp3) is 0.739. The van der Waals surface area contributed by atoms with E-state index in [2.05, 4.69) is 24.1 Å². The number of carbonyl (C=O) groups excluding carboxylic acids is 1. The van der Waals surface area contributed by atoms with Crippen molar-refractivity contribution >= 4 is 16.7 Å². The number of pyridine rings is 1. The van der Waals surface area contributed by atoms with Crippen molar-refractivity contribution in [2.45, 2.75) is 70.6 Å². The molecule has 1 aliphatic heterocycles. The smallest absolute Gasteiger partial charge is 0.255 e. The van der Waals surface area contributed by atoms with Gasteiger partial charge in [-0.3, -0.25) is 15.1 Å². The van der Waals surface area contributed by atoms with Crippen LogP contribution in [0.5, 0.6) is 0 Å². The molecule has 0 aromatic carbocycles. The summed E-state index contributed by atoms with van der Waals surface area (Å²) >= 11 is 0. The Kier molecular flexibility index (Phi) is 8.84. The SMILES string of the molecule is CC(C)C1CCC(OCC2C(NC[SH+](C)=O)CCCN2C(=O)c2cccnc2)CC1. The Morgan fingerprint density at radius 3 is 2.70 bits per heavy atom. The van der Waals surface area contributed by atoms with Crippen LogP contribution >= 0.6 is 0 Å². The van der Waals surface area contributed by atoms with Gasteiger partial charge in [0.2, 0.25) is 0 Å². The van der Waals surface area contributed by atoms with Crippen LogP contribution in [-0.4, -0.2) is 59.3 Å². The minimum Gasteiger partial charge on any atom is -0.376 e. The van der Waals surface area contributed by atoms with Crippen molar-refractivity contribution in [3.63, 3.8) is 0 Å². The minimum absolute atomic E-state index is 0.00704. The first-order valence-electron chi connectivity index (χ1n) is 11.4. The Morgan fingerprint density at radius 1 is 1.30 bits per heavy atom. The summed E-state index contributed by atoms with van der Waals surface area (Å²) in [6.45, 7) is 5.87. The van der Waals surface area contributed by atoms with Crippen LogP contribution in [0, 0.1) is 11.8 Å². The van der Waals surface area contributed by atoms with Crippen LogP contribution in [0.25, 0.3) is 0 Å². The van der Waals surface area contributed by atoms with E-state index in [0.29, 0.717) is 18.0 Å². The maximum atomic E-state index is 13.2. The number of aromatic nitrogens is 1. The molecule has 1 saturated carbocycles. The Bertz CT molecular complexity index is 692. The van der Waals surface area contributed by atoms with Crippen LogP contribution < -0.4 is 5.32 Å². The maximum Gasteiger partial charge on any atom is 0.255 e. The van der Waals surface area contributed by atoms with E-state index in [1.54, 1.807) is 24.7 Å². The molecule has 30 heavy (non-hydrogen) atoms. The van der Waals surface area contributed by atoms with Gasteiger partial charge in [0.05, 0.1) is 35.1 Å². The number of hydrogen-bond acceptors (Lipinski definition) is 5. The number of thiol groups is 1. The largest absolute Gasteiger partial charge is 0.376 e. The summed E-state index contributed by atoms with van der Waals surface area (Å²) in [5.74, 6) is 2.03. The number of likely N-dealkylation sites (tertiary alicyclic amines) is 1. The standard InChI is InChI=1S/C23H37N3O3S/c1-17(2)18-8-10-20(11-9-18)29-15-22-21(25-16-30(3)28)7-5-13-26(22)23(27)19-6-4-12-24-14-19/h4,6,12,14,17-18,20-22,25H,5,7-11,13,15-16H2,1-3H3/p+1. The van der Waals surface area contributed by atoms with Crippen LogP contribution in [0.2, 0.25) is 0 Å². The lowest BCUT2D eigenvalue weighted by atomic mass is 9.80. The molecule has 1 aromatic heterocycles. The van der Waals surface area contributed by atoms with Gasteiger partial charge in [0, 0.05) is 25.0 Å². The minimum atomic E-state index is -1.27. The second-order valence-electron chi connectivity index (χ2n) is 9.16. The molecule has 1 aromatic rings. The van der Waals surface area contributed by atoms with Crippen molar-refractivity contribution in [1.82, 2.24) is 15.2 Å². The van der Waals surface area contributed by atoms with Gasteiger partial charge in [-0.25, -0.2) is 0 Å². The summed E-state index contributed by atoms with van der Waals surface area (Å²) in [6, 6.07) is 3.67. The van der Waals surface area contributed by atoms with Gasteiger partial charge >= 0.3 is 0 Å². The molecule has 1 aliphatic carbocycles. The summed E-state index contributed by atoms with van der Waals surface area (Å²) in [4.78, 5) is 19.3. The molecular formula is C23H38N3O3S+. The lowest BCUT2D eigenvalue weighted by molar-refractivity contribution is -0.0297. The fourth-order valence-electron chi connectivity index (χ4n) is 4.81. The Hall–Kier alpha value is -1.31. The number of ether oxygens (including phenoxy) is 1. The normalized spacial score (nSPS) is 28.5. The van der Waals surface area contributed by atoms with Crippen molar-refractivity contribution in [1.29, 1.82) is 0 Å². The summed E-state index contributed by atoms with van der Waals surface area (Å²) in [5, 5.41) is 3.44. The van der Waals surface area contributed by atoms with Gasteiger partial charge in [0.1, 0.15) is 6.26 Å². The zero-order valence-corrected chi connectivity index (χ0v) is 19.5. The first-order chi connectivity index (χ1) is 14.5. The van der Waals surface area contributed by atoms with Crippen molar-refractivity contribution in [3.05, 3.63) is 30.1 Å². The van der Waals surface area contributed by atoms with Gasteiger partial charge in [0.25, 0.3) is 5.91 Å². The summed E-state index contributed by atoms with van der Waals surface area (Å²) in [7, 11) is -1.27. The predicted molar refractivity (Wildman–Crippen MR) is 122 cm³/mol. The quantitative estimate of drug-likeness (QED) is 0.501. The fourth-order valence-corrected chi connectivity index (χ4v) is 5.30. The molecule has 1 N–H and O–H groups in total. The van der Waals surface area contributed by atoms with Crippen molar-refractivity contribution in [2.24, 2.45) is 11.8 Å². The number of amides is 1. The van der Waals surface area contributed by atoms with Gasteiger partial charge < -0.3 is 9.64 Å². The zero-order valence-electron chi connectivity index (χ0n) is 18.6. The molecule has 168 valence electrons. The van der Waals surface area contributed by atoms with Crippen LogP contribution in [0.15, 0.2) is 24.5 Å². The van der Waals surface area contributed by atoms with Crippen LogP contribution in [0.3, 0.4) is 0 Å². The van der Waals surface area contributed by atoms with E-state index in [-0.39, 0.29) is 24.1 Å². The number of carbonyl (C=O) groups is 1. The average Bonchev–Trinajstić information content (AvgIpc) is 2.76. The molecule has 3 rings (SSSR count). The number of rotatable bonds is 8. The number of piperidine rings is 1. The van der Waals surface area contributed by atoms with Crippen molar-refractivity contribution < 1.29 is 13.7 Å². The van der Waals surface area contributed by atoms with Crippen molar-refractivity contribution in [3.8, 4) is 0 Å². The number of nitrogens with one attached hydrogen (secondary N) is 1. The predicted octanol–water partition coefficient (Wildman–Crippen LogP) is 3.16. The summed E-state index contributed by atoms with van der Waals surface area (Å²) in [6.07, 6.45) is 11.9. The molecule has 1 saturated heterocycles. The maximum absolute atomic E-state index is 13.2. The summed E-state index contributed by atoms with van der Waals surface area (Å²) < 4.78 is 18.1. The van der Waals surface area contributed by atoms with Crippen molar-refractivity contribution in [2.75, 3.05) is 25.3 Å². The highest BCUT2D eigenvalue weighted by molar-refractivity contribution is 7.84. The molecule has 2 heterocycles. The van der Waals surface area contributed by atoms with Gasteiger partial charge in [-0.15, -0.1) is 4.21 Å². The Balaban J connectivity index is 1.66. The third-order valence-corrected chi connectivity index (χ3v) is 7.32. The topological polar surface area (TPSA) is 71.5 Å². The second-order valence-corrected chi connectivity index (χ2v) is 10.7. The van der Waals surface area contributed by atoms with Crippen LogP contribution in [0.1, 0.15) is 62.7 Å². The van der Waals surface area contributed by atoms with E-state index in [1.165, 1.54) is 12.8 Å². The first-order valence-corrected chi connectivity index (χ1v) is 13.3. The molecule has 6 nitrogen and oxygen atoms in total. The van der Waals surface area contributed by atoms with E-state index in [4.69, 9.17) is 4.74 Å². The third kappa shape index (κ3) is 6.34. The highest BCUT2D eigenvalue weighted by Gasteiger charge is 2.36. The second kappa shape index (κ2) is 11.3.